The van der Waals surface area contributed by atoms with Gasteiger partial charge in [0.05, 0.1) is 0 Å². The Morgan fingerprint density at radius 2 is 2.00 bits per heavy atom. The minimum absolute atomic E-state index is 0.418. The second kappa shape index (κ2) is 6.18. The van der Waals surface area contributed by atoms with E-state index in [0.29, 0.717) is 13.2 Å². The van der Waals surface area contributed by atoms with Crippen molar-refractivity contribution < 1.29 is 14.0 Å². The van der Waals surface area contributed by atoms with Crippen LogP contribution in [0.25, 0.3) is 0 Å². The van der Waals surface area contributed by atoms with Gasteiger partial charge in [0, 0.05) is 6.61 Å². The van der Waals surface area contributed by atoms with Crippen molar-refractivity contribution in [2.24, 2.45) is 5.73 Å². The molecule has 5 heteroatoms. The minimum Gasteiger partial charge on any atom is -0.392 e. The molecule has 0 radical (unpaired) electrons. The molecule has 0 amide bonds. The van der Waals surface area contributed by atoms with E-state index in [4.69, 9.17) is 15.3 Å². The summed E-state index contributed by atoms with van der Waals surface area (Å²) in [5.41, 5.74) is 5.18. The Bertz CT molecular complexity index is 61.8. The average Bonchev–Trinajstić information content (AvgIpc) is 1.80. The third kappa shape index (κ3) is 8.06. The molecule has 9 heavy (non-hydrogen) atoms. The first kappa shape index (κ1) is 9.06. The van der Waals surface area contributed by atoms with Crippen LogP contribution in [-0.2, 0) is 4.43 Å². The van der Waals surface area contributed by atoms with Gasteiger partial charge in [0.15, 0.2) is 0 Å². The molecule has 0 saturated heterocycles. The summed E-state index contributed by atoms with van der Waals surface area (Å²) >= 11 is 0. The first-order chi connectivity index (χ1) is 4.27. The summed E-state index contributed by atoms with van der Waals surface area (Å²) in [4.78, 5) is 16.6. The molecule has 0 bridgehead atoms. The molecule has 0 aliphatic rings. The van der Waals surface area contributed by atoms with Gasteiger partial charge >= 0.3 is 9.53 Å². The van der Waals surface area contributed by atoms with Gasteiger partial charge < -0.3 is 19.8 Å². The Morgan fingerprint density at radius 1 is 1.33 bits per heavy atom. The van der Waals surface area contributed by atoms with Crippen LogP contribution in [0.4, 0.5) is 0 Å². The smallest absolute Gasteiger partial charge is 0.392 e. The lowest BCUT2D eigenvalue weighted by molar-refractivity contribution is 0.183. The van der Waals surface area contributed by atoms with E-state index < -0.39 is 9.53 Å². The maximum atomic E-state index is 8.29. The summed E-state index contributed by atoms with van der Waals surface area (Å²) < 4.78 is 4.54. The van der Waals surface area contributed by atoms with E-state index in [-0.39, 0.29) is 0 Å². The first-order valence-electron chi connectivity index (χ1n) is 2.95. The Kier molecular flexibility index (Phi) is 6.22. The zero-order valence-corrected chi connectivity index (χ0v) is 6.44. The van der Waals surface area contributed by atoms with Crippen molar-refractivity contribution in [2.45, 2.75) is 12.8 Å². The molecule has 56 valence electrons. The second-order valence-electron chi connectivity index (χ2n) is 1.69. The second-order valence-corrected chi connectivity index (χ2v) is 2.68. The van der Waals surface area contributed by atoms with Crippen molar-refractivity contribution in [2.75, 3.05) is 13.2 Å². The molecule has 0 saturated carbocycles. The zero-order valence-electron chi connectivity index (χ0n) is 5.29. The molecule has 0 aromatic heterocycles. The SMILES string of the molecule is NCCCCO[SiH](O)O. The van der Waals surface area contributed by atoms with E-state index in [1.54, 1.807) is 0 Å². The van der Waals surface area contributed by atoms with Gasteiger partial charge in [-0.1, -0.05) is 0 Å². The first-order valence-corrected chi connectivity index (χ1v) is 4.45. The highest BCUT2D eigenvalue weighted by Crippen LogP contribution is 1.86. The van der Waals surface area contributed by atoms with Gasteiger partial charge in [-0.3, -0.25) is 0 Å². The largest absolute Gasteiger partial charge is 0.478 e. The lowest BCUT2D eigenvalue weighted by Gasteiger charge is -2.01. The molecular formula is C4H13NO3Si. The fraction of sp³-hybridized carbons (Fsp3) is 1.00. The summed E-state index contributed by atoms with van der Waals surface area (Å²) in [7, 11) is -2.75. The van der Waals surface area contributed by atoms with Crippen LogP contribution >= 0.6 is 0 Å². The van der Waals surface area contributed by atoms with E-state index in [2.05, 4.69) is 4.43 Å². The standard InChI is InChI=1S/C4H13NO3Si/c5-3-1-2-4-8-9(6)7/h6-7,9H,1-5H2. The van der Waals surface area contributed by atoms with Crippen LogP contribution in [0.5, 0.6) is 0 Å². The van der Waals surface area contributed by atoms with Gasteiger partial charge in [0.2, 0.25) is 0 Å². The Labute approximate surface area is 56.2 Å². The van der Waals surface area contributed by atoms with Gasteiger partial charge in [0.25, 0.3) is 0 Å². The van der Waals surface area contributed by atoms with E-state index in [9.17, 15) is 0 Å². The van der Waals surface area contributed by atoms with Crippen molar-refractivity contribution in [1.29, 1.82) is 0 Å². The molecule has 4 N–H and O–H groups in total. The van der Waals surface area contributed by atoms with Crippen LogP contribution in [0, 0.1) is 0 Å². The van der Waals surface area contributed by atoms with Crippen LogP contribution in [0.3, 0.4) is 0 Å². The monoisotopic (exact) mass is 151 g/mol. The number of hydrogen-bond donors (Lipinski definition) is 3. The minimum atomic E-state index is -2.75. The maximum Gasteiger partial charge on any atom is 0.478 e. The van der Waals surface area contributed by atoms with Crippen molar-refractivity contribution in [3.8, 4) is 0 Å². The highest BCUT2D eigenvalue weighted by atomic mass is 28.3. The molecule has 0 aliphatic heterocycles. The fourth-order valence-corrected chi connectivity index (χ4v) is 0.813. The molecular weight excluding hydrogens is 138 g/mol. The van der Waals surface area contributed by atoms with Crippen LogP contribution in [0.15, 0.2) is 0 Å². The van der Waals surface area contributed by atoms with Crippen molar-refractivity contribution in [3.63, 3.8) is 0 Å². The summed E-state index contributed by atoms with van der Waals surface area (Å²) in [6, 6.07) is 0. The molecule has 4 nitrogen and oxygen atoms in total. The summed E-state index contributed by atoms with van der Waals surface area (Å²) in [5.74, 6) is 0. The van der Waals surface area contributed by atoms with E-state index in [0.717, 1.165) is 12.8 Å². The Hall–Kier alpha value is 0.0569. The number of rotatable bonds is 5. The maximum absolute atomic E-state index is 8.29. The van der Waals surface area contributed by atoms with Gasteiger partial charge in [-0.15, -0.1) is 0 Å². The molecule has 0 heterocycles. The Balaban J connectivity index is 2.75. The van der Waals surface area contributed by atoms with Crippen LogP contribution in [0.2, 0.25) is 0 Å². The number of unbranched alkanes of at least 4 members (excludes halogenated alkanes) is 1. The number of nitrogens with two attached hydrogens (primary N) is 1. The third-order valence-corrected chi connectivity index (χ3v) is 1.40. The summed E-state index contributed by atoms with van der Waals surface area (Å²) in [6.45, 7) is 1.05. The predicted molar refractivity (Wildman–Crippen MR) is 35.8 cm³/mol. The molecule has 0 aliphatic carbocycles. The van der Waals surface area contributed by atoms with E-state index in [1.807, 2.05) is 0 Å². The van der Waals surface area contributed by atoms with Crippen molar-refractivity contribution in [1.82, 2.24) is 0 Å². The molecule has 0 spiro atoms. The fourth-order valence-electron chi connectivity index (χ4n) is 0.435. The molecule has 0 fully saturated rings. The van der Waals surface area contributed by atoms with Gasteiger partial charge in [-0.05, 0) is 19.4 Å². The van der Waals surface area contributed by atoms with Gasteiger partial charge in [-0.25, -0.2) is 0 Å². The normalized spacial score (nSPS) is 10.7. The average molecular weight is 151 g/mol. The highest BCUT2D eigenvalue weighted by molar-refractivity contribution is 6.32. The molecule has 0 aromatic rings. The topological polar surface area (TPSA) is 75.7 Å². The van der Waals surface area contributed by atoms with E-state index in [1.165, 1.54) is 0 Å². The van der Waals surface area contributed by atoms with Gasteiger partial charge in [-0.2, -0.15) is 0 Å². The van der Waals surface area contributed by atoms with Gasteiger partial charge in [0.1, 0.15) is 0 Å². The number of hydrogen-bond acceptors (Lipinski definition) is 4. The highest BCUT2D eigenvalue weighted by Gasteiger charge is 1.99. The molecule has 0 rings (SSSR count). The van der Waals surface area contributed by atoms with Crippen LogP contribution < -0.4 is 5.73 Å². The Morgan fingerprint density at radius 3 is 2.44 bits per heavy atom. The third-order valence-electron chi connectivity index (χ3n) is 0.865. The zero-order chi connectivity index (χ0) is 7.11. The quantitative estimate of drug-likeness (QED) is 0.328. The molecule has 0 aromatic carbocycles. The lowest BCUT2D eigenvalue weighted by atomic mass is 10.3. The van der Waals surface area contributed by atoms with Crippen LogP contribution in [0.1, 0.15) is 12.8 Å². The summed E-state index contributed by atoms with van der Waals surface area (Å²) in [6.07, 6.45) is 1.68. The van der Waals surface area contributed by atoms with Crippen LogP contribution in [-0.4, -0.2) is 32.3 Å². The lowest BCUT2D eigenvalue weighted by Crippen LogP contribution is -2.17. The molecule has 0 unspecified atom stereocenters. The predicted octanol–water partition coefficient (Wildman–Crippen LogP) is -1.56. The summed E-state index contributed by atoms with van der Waals surface area (Å²) in [5, 5.41) is 0. The van der Waals surface area contributed by atoms with Crippen molar-refractivity contribution in [3.05, 3.63) is 0 Å². The van der Waals surface area contributed by atoms with Crippen molar-refractivity contribution >= 4 is 9.53 Å². The van der Waals surface area contributed by atoms with E-state index >= 15 is 0 Å². The molecule has 0 atom stereocenters.